The van der Waals surface area contributed by atoms with E-state index in [2.05, 4.69) is 60.3 Å². The second-order valence-electron chi connectivity index (χ2n) is 15.6. The molecule has 0 aliphatic carbocycles. The van der Waals surface area contributed by atoms with Gasteiger partial charge >= 0.3 is 12.0 Å². The molecule has 7 rings (SSSR count). The van der Waals surface area contributed by atoms with E-state index in [0.29, 0.717) is 39.0 Å². The maximum atomic E-state index is 14.2. The van der Waals surface area contributed by atoms with E-state index in [-0.39, 0.29) is 43.2 Å². The van der Waals surface area contributed by atoms with E-state index >= 15 is 0 Å². The lowest BCUT2D eigenvalue weighted by Crippen LogP contribution is -2.61. The summed E-state index contributed by atoms with van der Waals surface area (Å²) in [4.78, 5) is 53.0. The van der Waals surface area contributed by atoms with Crippen molar-refractivity contribution in [2.24, 2.45) is 10.4 Å². The van der Waals surface area contributed by atoms with Crippen molar-refractivity contribution in [2.75, 3.05) is 46.3 Å². The topological polar surface area (TPSA) is 140 Å². The Kier molecular flexibility index (Phi) is 11.4. The van der Waals surface area contributed by atoms with Gasteiger partial charge in [0, 0.05) is 74.1 Å². The Morgan fingerprint density at radius 3 is 2.83 bits per heavy atom. The summed E-state index contributed by atoms with van der Waals surface area (Å²) in [6.45, 7) is 10.8. The van der Waals surface area contributed by atoms with Gasteiger partial charge in [-0.05, 0) is 74.9 Å². The molecule has 1 aromatic carbocycles. The van der Waals surface area contributed by atoms with Gasteiger partial charge in [-0.2, -0.15) is 0 Å². The molecule has 1 unspecified atom stereocenters. The SMILES string of the molecule is CCn1c(-c2cccnc2[C@H](C)OC)c2c3cc(ccc31)C1CSC(=N1)C[C@H](NC(=O)N(C)[C@@H]1CCOC1)C(=O)N1CCC[C@H](N1)C(=O)OCC(C)(C)C2. The van der Waals surface area contributed by atoms with E-state index < -0.39 is 23.5 Å². The number of benzene rings is 1. The molecule has 6 bridgehead atoms. The van der Waals surface area contributed by atoms with Gasteiger partial charge in [0.05, 0.1) is 47.8 Å². The number of pyridine rings is 1. The molecule has 0 radical (unpaired) electrons. The average molecular weight is 760 g/mol. The number of hydrazine groups is 1. The zero-order chi connectivity index (χ0) is 38.1. The van der Waals surface area contributed by atoms with E-state index in [1.54, 1.807) is 30.8 Å². The maximum Gasteiger partial charge on any atom is 0.324 e. The van der Waals surface area contributed by atoms with Gasteiger partial charge in [-0.15, -0.1) is 11.8 Å². The number of nitrogens with zero attached hydrogens (tertiary/aromatic N) is 5. The van der Waals surface area contributed by atoms with Crippen molar-refractivity contribution < 1.29 is 28.6 Å². The van der Waals surface area contributed by atoms with Crippen LogP contribution in [0, 0.1) is 5.41 Å². The number of nitrogens with one attached hydrogen (secondary N) is 2. The Morgan fingerprint density at radius 2 is 2.07 bits per heavy atom. The second-order valence-corrected chi connectivity index (χ2v) is 16.7. The van der Waals surface area contributed by atoms with Crippen LogP contribution < -0.4 is 10.7 Å². The summed E-state index contributed by atoms with van der Waals surface area (Å²) in [5, 5.41) is 6.43. The van der Waals surface area contributed by atoms with Crippen LogP contribution in [-0.2, 0) is 36.8 Å². The molecule has 5 atom stereocenters. The van der Waals surface area contributed by atoms with Crippen LogP contribution >= 0.6 is 11.8 Å². The molecule has 0 saturated carbocycles. The predicted octanol–water partition coefficient (Wildman–Crippen LogP) is 5.43. The third kappa shape index (κ3) is 7.75. The van der Waals surface area contributed by atoms with E-state index in [0.717, 1.165) is 62.7 Å². The number of ether oxygens (including phenoxy) is 3. The Morgan fingerprint density at radius 1 is 1.24 bits per heavy atom. The molecule has 14 heteroatoms. The van der Waals surface area contributed by atoms with Crippen molar-refractivity contribution in [1.82, 2.24) is 30.2 Å². The van der Waals surface area contributed by atoms with Crippen LogP contribution in [0.15, 0.2) is 41.5 Å². The van der Waals surface area contributed by atoms with Gasteiger partial charge in [-0.1, -0.05) is 19.9 Å². The second kappa shape index (κ2) is 16.0. The highest BCUT2D eigenvalue weighted by molar-refractivity contribution is 8.14. The smallest absolute Gasteiger partial charge is 0.324 e. The van der Waals surface area contributed by atoms with Crippen LogP contribution in [0.25, 0.3) is 22.2 Å². The lowest BCUT2D eigenvalue weighted by atomic mass is 9.84. The molecule has 0 spiro atoms. The summed E-state index contributed by atoms with van der Waals surface area (Å²) in [6.07, 6.45) is 4.37. The first-order chi connectivity index (χ1) is 26.0. The third-order valence-corrected chi connectivity index (χ3v) is 12.3. The monoisotopic (exact) mass is 759 g/mol. The molecular formula is C40H53N7O6S. The van der Waals surface area contributed by atoms with Crippen LogP contribution in [0.4, 0.5) is 4.79 Å². The molecular weight excluding hydrogens is 707 g/mol. The predicted molar refractivity (Wildman–Crippen MR) is 209 cm³/mol. The van der Waals surface area contributed by atoms with Crippen molar-refractivity contribution in [3.63, 3.8) is 0 Å². The normalized spacial score (nSPS) is 25.2. The number of hydrogen-bond donors (Lipinski definition) is 2. The number of thioether (sulfide) groups is 1. The highest BCUT2D eigenvalue weighted by Gasteiger charge is 2.37. The molecule has 2 saturated heterocycles. The van der Waals surface area contributed by atoms with Crippen molar-refractivity contribution in [2.45, 2.75) is 96.6 Å². The Hall–Kier alpha value is -3.98. The van der Waals surface area contributed by atoms with E-state index in [1.807, 2.05) is 19.2 Å². The summed E-state index contributed by atoms with van der Waals surface area (Å²) >= 11 is 1.62. The van der Waals surface area contributed by atoms with Crippen LogP contribution in [-0.4, -0.2) is 107 Å². The fourth-order valence-electron chi connectivity index (χ4n) is 8.04. The quantitative estimate of drug-likeness (QED) is 0.315. The van der Waals surface area contributed by atoms with Gasteiger partial charge in [0.1, 0.15) is 12.1 Å². The molecule has 2 aromatic heterocycles. The fourth-order valence-corrected chi connectivity index (χ4v) is 9.15. The van der Waals surface area contributed by atoms with Gasteiger partial charge < -0.3 is 29.0 Å². The van der Waals surface area contributed by atoms with E-state index in [9.17, 15) is 14.4 Å². The van der Waals surface area contributed by atoms with Crippen LogP contribution in [0.2, 0.25) is 0 Å². The molecule has 290 valence electrons. The van der Waals surface area contributed by atoms with Crippen molar-refractivity contribution in [3.05, 3.63) is 53.3 Å². The number of carbonyl (C=O) groups is 3. The minimum absolute atomic E-state index is 0.0607. The standard InChI is InChI=1S/C40H53N7O6S/c1-7-46-33-13-12-25-18-28(33)29(36(46)27-10-8-15-41-35(27)24(2)51-6)20-40(3,4)23-53-38(49)30-11-9-16-47(44-30)37(48)31(19-34-42-32(25)22-54-34)43-39(50)45(5)26-14-17-52-21-26/h8,10,12-13,15,18,24,26,30-32,44H,7,9,11,14,16-17,19-23H2,1-6H3,(H,43,50)/t24-,26+,30-,31-,32?/m0/s1. The molecule has 2 N–H and O–H groups in total. The minimum atomic E-state index is -0.884. The fraction of sp³-hybridized carbons (Fsp3) is 0.575. The van der Waals surface area contributed by atoms with Gasteiger partial charge in [0.25, 0.3) is 5.91 Å². The van der Waals surface area contributed by atoms with Crippen molar-refractivity contribution in [3.8, 4) is 11.3 Å². The molecule has 3 amide bonds. The molecule has 54 heavy (non-hydrogen) atoms. The molecule has 6 heterocycles. The molecule has 4 aliphatic heterocycles. The first-order valence-electron chi connectivity index (χ1n) is 19.2. The average Bonchev–Trinajstić information content (AvgIpc) is 3.95. The zero-order valence-electron chi connectivity index (χ0n) is 32.2. The number of cyclic esters (lactones) is 1. The summed E-state index contributed by atoms with van der Waals surface area (Å²) in [5.41, 5.74) is 9.04. The molecule has 13 nitrogen and oxygen atoms in total. The van der Waals surface area contributed by atoms with E-state index in [4.69, 9.17) is 24.2 Å². The number of likely N-dealkylation sites (N-methyl/N-ethyl adjacent to an activating group) is 1. The third-order valence-electron chi connectivity index (χ3n) is 11.2. The Bertz CT molecular complexity index is 1920. The van der Waals surface area contributed by atoms with Crippen LogP contribution in [0.5, 0.6) is 0 Å². The number of carbonyl (C=O) groups excluding carboxylic acids is 3. The van der Waals surface area contributed by atoms with Crippen molar-refractivity contribution in [1.29, 1.82) is 0 Å². The summed E-state index contributed by atoms with van der Waals surface area (Å²) in [5.74, 6) is 0.0211. The number of fused-ring (bicyclic) bond motifs is 5. The number of rotatable bonds is 6. The Balaban J connectivity index is 1.31. The Labute approximate surface area is 321 Å². The number of aliphatic imine (C=N–C) groups is 1. The van der Waals surface area contributed by atoms with Gasteiger partial charge in [-0.25, -0.2) is 10.2 Å². The minimum Gasteiger partial charge on any atom is -0.464 e. The van der Waals surface area contributed by atoms with Crippen molar-refractivity contribution >= 4 is 45.6 Å². The number of amides is 3. The lowest BCUT2D eigenvalue weighted by Gasteiger charge is -2.36. The highest BCUT2D eigenvalue weighted by Crippen LogP contribution is 2.42. The van der Waals surface area contributed by atoms with Gasteiger partial charge in [-0.3, -0.25) is 24.6 Å². The maximum absolute atomic E-state index is 14.2. The largest absolute Gasteiger partial charge is 0.464 e. The molecule has 2 fully saturated rings. The summed E-state index contributed by atoms with van der Waals surface area (Å²) < 4.78 is 19.7. The number of hydrogen-bond acceptors (Lipinski definition) is 10. The van der Waals surface area contributed by atoms with E-state index in [1.165, 1.54) is 5.01 Å². The first kappa shape index (κ1) is 38.3. The number of esters is 1. The zero-order valence-corrected chi connectivity index (χ0v) is 33.0. The lowest BCUT2D eigenvalue weighted by molar-refractivity contribution is -0.155. The number of aryl methyl sites for hydroxylation is 1. The summed E-state index contributed by atoms with van der Waals surface area (Å²) in [7, 11) is 3.44. The van der Waals surface area contributed by atoms with Crippen LogP contribution in [0.1, 0.15) is 82.3 Å². The molecule has 4 aliphatic rings. The first-order valence-corrected chi connectivity index (χ1v) is 20.1. The highest BCUT2D eigenvalue weighted by atomic mass is 32.2. The van der Waals surface area contributed by atoms with Crippen LogP contribution in [0.3, 0.4) is 0 Å². The number of urea groups is 1. The van der Waals surface area contributed by atoms with Gasteiger partial charge in [0.2, 0.25) is 0 Å². The van der Waals surface area contributed by atoms with Gasteiger partial charge in [0.15, 0.2) is 0 Å². The number of aromatic nitrogens is 2. The molecule has 3 aromatic rings. The number of methoxy groups -OCH3 is 1. The summed E-state index contributed by atoms with van der Waals surface area (Å²) in [6, 6.07) is 8.61.